The second-order valence-electron chi connectivity index (χ2n) is 13.4. The summed E-state index contributed by atoms with van der Waals surface area (Å²) in [5, 5.41) is 7.82. The molecule has 0 N–H and O–H groups in total. The molecule has 5 heteroatoms. The van der Waals surface area contributed by atoms with Gasteiger partial charge in [-0.2, -0.15) is 0 Å². The number of fused-ring (bicyclic) bond motifs is 9. The molecule has 11 rings (SSSR count). The third-order valence-corrected chi connectivity index (χ3v) is 10.4. The molecule has 5 nitrogen and oxygen atoms in total. The SMILES string of the molecule is C1=C(c2nc(-c3ccccc3-c3cccc4oc5ccccc5c34)nc(-c3cc4ccccc4c4ccccc34)n2)c2c(oc3ccccc23)CC1. The van der Waals surface area contributed by atoms with Crippen molar-refractivity contribution >= 4 is 60.0 Å². The summed E-state index contributed by atoms with van der Waals surface area (Å²) in [6.07, 6.45) is 3.93. The number of benzene rings is 7. The van der Waals surface area contributed by atoms with E-state index in [0.717, 1.165) is 101 Å². The maximum atomic E-state index is 6.40. The van der Waals surface area contributed by atoms with E-state index in [1.54, 1.807) is 0 Å². The van der Waals surface area contributed by atoms with Gasteiger partial charge in [-0.1, -0.05) is 127 Å². The van der Waals surface area contributed by atoms with Gasteiger partial charge < -0.3 is 8.83 Å². The summed E-state index contributed by atoms with van der Waals surface area (Å²) in [7, 11) is 0. The van der Waals surface area contributed by atoms with Crippen molar-refractivity contribution in [1.29, 1.82) is 0 Å². The third-order valence-electron chi connectivity index (χ3n) is 10.4. The molecule has 7 aromatic carbocycles. The highest BCUT2D eigenvalue weighted by atomic mass is 16.3. The molecule has 1 aliphatic carbocycles. The van der Waals surface area contributed by atoms with E-state index in [2.05, 4.69) is 121 Å². The highest BCUT2D eigenvalue weighted by Gasteiger charge is 2.26. The Bertz CT molecular complexity index is 3090. The lowest BCUT2D eigenvalue weighted by molar-refractivity contribution is 0.545. The molecular weight excluding hydrogens is 639 g/mol. The minimum Gasteiger partial charge on any atom is -0.460 e. The summed E-state index contributed by atoms with van der Waals surface area (Å²) in [6.45, 7) is 0. The van der Waals surface area contributed by atoms with Crippen molar-refractivity contribution in [3.63, 3.8) is 0 Å². The first-order chi connectivity index (χ1) is 25.8. The van der Waals surface area contributed by atoms with Gasteiger partial charge in [-0.25, -0.2) is 15.0 Å². The number of hydrogen-bond acceptors (Lipinski definition) is 5. The van der Waals surface area contributed by atoms with Crippen LogP contribution in [0.15, 0.2) is 161 Å². The van der Waals surface area contributed by atoms with Gasteiger partial charge in [0.25, 0.3) is 0 Å². The molecule has 3 heterocycles. The van der Waals surface area contributed by atoms with Crippen LogP contribution in [0.2, 0.25) is 0 Å². The molecule has 0 atom stereocenters. The number of nitrogens with zero attached hydrogens (tertiary/aromatic N) is 3. The first kappa shape index (κ1) is 28.9. The summed E-state index contributed by atoms with van der Waals surface area (Å²) in [5.74, 6) is 2.84. The predicted molar refractivity (Wildman–Crippen MR) is 210 cm³/mol. The lowest BCUT2D eigenvalue weighted by Gasteiger charge is -2.17. The number of aryl methyl sites for hydroxylation is 1. The average molecular weight is 668 g/mol. The van der Waals surface area contributed by atoms with Crippen LogP contribution in [0.5, 0.6) is 0 Å². The van der Waals surface area contributed by atoms with Crippen LogP contribution in [0.25, 0.3) is 93.9 Å². The fraction of sp³-hybridized carbons (Fsp3) is 0.0426. The molecular formula is C47H29N3O2. The molecule has 10 aromatic rings. The highest BCUT2D eigenvalue weighted by Crippen LogP contribution is 2.43. The van der Waals surface area contributed by atoms with Crippen molar-refractivity contribution in [2.24, 2.45) is 0 Å². The quantitative estimate of drug-likeness (QED) is 0.175. The summed E-state index contributed by atoms with van der Waals surface area (Å²) in [4.78, 5) is 16.0. The predicted octanol–water partition coefficient (Wildman–Crippen LogP) is 12.2. The molecule has 3 aromatic heterocycles. The summed E-state index contributed by atoms with van der Waals surface area (Å²) >= 11 is 0. The van der Waals surface area contributed by atoms with E-state index < -0.39 is 0 Å². The van der Waals surface area contributed by atoms with Gasteiger partial charge in [-0.3, -0.25) is 0 Å². The van der Waals surface area contributed by atoms with Crippen LogP contribution < -0.4 is 0 Å². The Morgan fingerprint density at radius 3 is 1.87 bits per heavy atom. The molecule has 0 radical (unpaired) electrons. The Kier molecular flexibility index (Phi) is 6.31. The van der Waals surface area contributed by atoms with Gasteiger partial charge >= 0.3 is 0 Å². The molecule has 0 bridgehead atoms. The molecule has 0 amide bonds. The van der Waals surface area contributed by atoms with Crippen LogP contribution in [0.1, 0.15) is 23.6 Å². The molecule has 0 saturated heterocycles. The maximum Gasteiger partial charge on any atom is 0.164 e. The minimum atomic E-state index is 0.610. The molecule has 0 fully saturated rings. The van der Waals surface area contributed by atoms with Crippen LogP contribution in [0, 0.1) is 0 Å². The Balaban J connectivity index is 1.21. The van der Waals surface area contributed by atoms with E-state index in [9.17, 15) is 0 Å². The number of hydrogen-bond donors (Lipinski definition) is 0. The van der Waals surface area contributed by atoms with Gasteiger partial charge in [0.15, 0.2) is 17.5 Å². The van der Waals surface area contributed by atoms with Gasteiger partial charge in [-0.05, 0) is 63.4 Å². The molecule has 0 saturated carbocycles. The average Bonchev–Trinajstić information content (AvgIpc) is 3.79. The van der Waals surface area contributed by atoms with Crippen molar-refractivity contribution in [3.05, 3.63) is 169 Å². The maximum absolute atomic E-state index is 6.40. The Labute approximate surface area is 298 Å². The van der Waals surface area contributed by atoms with Crippen LogP contribution in [0.3, 0.4) is 0 Å². The fourth-order valence-corrected chi connectivity index (χ4v) is 8.11. The van der Waals surface area contributed by atoms with Crippen LogP contribution >= 0.6 is 0 Å². The molecule has 52 heavy (non-hydrogen) atoms. The topological polar surface area (TPSA) is 65.0 Å². The third kappa shape index (κ3) is 4.39. The lowest BCUT2D eigenvalue weighted by Crippen LogP contribution is -2.07. The highest BCUT2D eigenvalue weighted by molar-refractivity contribution is 6.14. The first-order valence-electron chi connectivity index (χ1n) is 17.7. The van der Waals surface area contributed by atoms with Gasteiger partial charge in [0.05, 0.1) is 0 Å². The van der Waals surface area contributed by atoms with E-state index in [-0.39, 0.29) is 0 Å². The van der Waals surface area contributed by atoms with Gasteiger partial charge in [-0.15, -0.1) is 0 Å². The Morgan fingerprint density at radius 2 is 1.02 bits per heavy atom. The first-order valence-corrected chi connectivity index (χ1v) is 17.7. The monoisotopic (exact) mass is 667 g/mol. The smallest absolute Gasteiger partial charge is 0.164 e. The molecule has 0 spiro atoms. The number of rotatable bonds is 4. The lowest BCUT2D eigenvalue weighted by atomic mass is 9.93. The molecule has 244 valence electrons. The zero-order valence-corrected chi connectivity index (χ0v) is 28.0. The normalized spacial score (nSPS) is 13.0. The standard InChI is InChI=1S/C47H29N3O2/c1-2-14-29-28(13-1)27-38(31-16-4-3-15-30(29)31)47-49-45(48-46(50-47)37-22-12-26-42-44(37)36-20-8-10-24-40(36)52-42)34-18-6-5-17-32(34)33-21-11-25-41-43(33)35-19-7-9-23-39(35)51-41/h1-11,13-25,27H,12,26H2. The molecule has 1 aliphatic rings. The minimum absolute atomic E-state index is 0.610. The van der Waals surface area contributed by atoms with Crippen molar-refractivity contribution in [2.75, 3.05) is 0 Å². The molecule has 0 unspecified atom stereocenters. The van der Waals surface area contributed by atoms with Crippen molar-refractivity contribution in [1.82, 2.24) is 15.0 Å². The largest absolute Gasteiger partial charge is 0.460 e. The van der Waals surface area contributed by atoms with E-state index in [1.165, 1.54) is 5.39 Å². The van der Waals surface area contributed by atoms with Gasteiger partial charge in [0.1, 0.15) is 22.5 Å². The van der Waals surface area contributed by atoms with E-state index in [0.29, 0.717) is 17.5 Å². The zero-order chi connectivity index (χ0) is 34.2. The summed E-state index contributed by atoms with van der Waals surface area (Å²) in [5.41, 5.74) is 8.61. The molecule has 0 aliphatic heterocycles. The van der Waals surface area contributed by atoms with Crippen LogP contribution in [-0.2, 0) is 6.42 Å². The number of furan rings is 2. The van der Waals surface area contributed by atoms with E-state index in [4.69, 9.17) is 23.8 Å². The second kappa shape index (κ2) is 11.3. The number of aromatic nitrogens is 3. The Morgan fingerprint density at radius 1 is 0.423 bits per heavy atom. The van der Waals surface area contributed by atoms with Gasteiger partial charge in [0, 0.05) is 44.8 Å². The van der Waals surface area contributed by atoms with Crippen LogP contribution in [-0.4, -0.2) is 15.0 Å². The van der Waals surface area contributed by atoms with Crippen molar-refractivity contribution < 1.29 is 8.83 Å². The second-order valence-corrected chi connectivity index (χ2v) is 13.4. The van der Waals surface area contributed by atoms with Crippen molar-refractivity contribution in [2.45, 2.75) is 12.8 Å². The summed E-state index contributed by atoms with van der Waals surface area (Å²) in [6, 6.07) is 50.4. The van der Waals surface area contributed by atoms with Crippen LogP contribution in [0.4, 0.5) is 0 Å². The van der Waals surface area contributed by atoms with E-state index in [1.807, 2.05) is 30.3 Å². The zero-order valence-electron chi connectivity index (χ0n) is 28.0. The number of para-hydroxylation sites is 2. The Hall–Kier alpha value is -6.85. The summed E-state index contributed by atoms with van der Waals surface area (Å²) < 4.78 is 12.7. The van der Waals surface area contributed by atoms with Gasteiger partial charge in [0.2, 0.25) is 0 Å². The van der Waals surface area contributed by atoms with Crippen molar-refractivity contribution in [3.8, 4) is 33.9 Å². The van der Waals surface area contributed by atoms with E-state index >= 15 is 0 Å². The number of allylic oxidation sites excluding steroid dienone is 1. The fourth-order valence-electron chi connectivity index (χ4n) is 8.11.